The van der Waals surface area contributed by atoms with Gasteiger partial charge in [0, 0.05) is 5.02 Å². The summed E-state index contributed by atoms with van der Waals surface area (Å²) in [5, 5.41) is 17.1. The summed E-state index contributed by atoms with van der Waals surface area (Å²) in [6, 6.07) is 5.20. The van der Waals surface area contributed by atoms with Crippen LogP contribution in [0.15, 0.2) is 24.4 Å². The van der Waals surface area contributed by atoms with Gasteiger partial charge in [-0.1, -0.05) is 16.8 Å². The van der Waals surface area contributed by atoms with Crippen LogP contribution in [0, 0.1) is 0 Å². The molecule has 0 aliphatic carbocycles. The van der Waals surface area contributed by atoms with Gasteiger partial charge in [0.05, 0.1) is 19.9 Å². The van der Waals surface area contributed by atoms with E-state index in [1.165, 1.54) is 4.68 Å². The molecule has 1 heterocycles. The van der Waals surface area contributed by atoms with Crippen molar-refractivity contribution in [3.8, 4) is 11.4 Å². The summed E-state index contributed by atoms with van der Waals surface area (Å²) in [7, 11) is 1.57. The van der Waals surface area contributed by atoms with E-state index in [-0.39, 0.29) is 6.61 Å². The SMILES string of the molecule is COc1ccc(Cl)cc1-n1cc(CO)nn1. The molecule has 1 N–H and O–H groups in total. The summed E-state index contributed by atoms with van der Waals surface area (Å²) >= 11 is 5.90. The van der Waals surface area contributed by atoms with Gasteiger partial charge in [-0.2, -0.15) is 0 Å². The van der Waals surface area contributed by atoms with Gasteiger partial charge in [0.2, 0.25) is 0 Å². The van der Waals surface area contributed by atoms with Crippen LogP contribution in [0.1, 0.15) is 5.69 Å². The molecule has 0 aliphatic heterocycles. The Morgan fingerprint density at radius 3 is 2.94 bits per heavy atom. The number of aromatic nitrogens is 3. The number of hydrogen-bond donors (Lipinski definition) is 1. The molecule has 0 aliphatic rings. The minimum absolute atomic E-state index is 0.150. The lowest BCUT2D eigenvalue weighted by Crippen LogP contribution is -1.98. The lowest BCUT2D eigenvalue weighted by Gasteiger charge is -2.07. The second-order valence-electron chi connectivity index (χ2n) is 3.13. The Morgan fingerprint density at radius 2 is 2.31 bits per heavy atom. The first-order valence-electron chi connectivity index (χ1n) is 4.60. The molecule has 0 saturated carbocycles. The van der Waals surface area contributed by atoms with Crippen molar-refractivity contribution in [3.05, 3.63) is 35.1 Å². The summed E-state index contributed by atoms with van der Waals surface area (Å²) in [6.45, 7) is -0.150. The molecule has 2 aromatic rings. The van der Waals surface area contributed by atoms with Crippen LogP contribution >= 0.6 is 11.6 Å². The number of hydrogen-bond acceptors (Lipinski definition) is 4. The highest BCUT2D eigenvalue weighted by atomic mass is 35.5. The summed E-state index contributed by atoms with van der Waals surface area (Å²) in [5.74, 6) is 0.638. The van der Waals surface area contributed by atoms with Crippen molar-refractivity contribution in [2.24, 2.45) is 0 Å². The summed E-state index contributed by atoms with van der Waals surface area (Å²) < 4.78 is 6.70. The van der Waals surface area contributed by atoms with E-state index in [9.17, 15) is 0 Å². The van der Waals surface area contributed by atoms with E-state index in [4.69, 9.17) is 21.4 Å². The fourth-order valence-corrected chi connectivity index (χ4v) is 1.50. The largest absolute Gasteiger partial charge is 0.494 e. The number of rotatable bonds is 3. The molecule has 0 spiro atoms. The van der Waals surface area contributed by atoms with E-state index < -0.39 is 0 Å². The lowest BCUT2D eigenvalue weighted by molar-refractivity contribution is 0.276. The maximum atomic E-state index is 8.91. The van der Waals surface area contributed by atoms with Crippen LogP contribution < -0.4 is 4.74 Å². The van der Waals surface area contributed by atoms with Crippen molar-refractivity contribution in [3.63, 3.8) is 0 Å². The normalized spacial score (nSPS) is 10.4. The smallest absolute Gasteiger partial charge is 0.144 e. The predicted octanol–water partition coefficient (Wildman–Crippen LogP) is 1.42. The summed E-state index contributed by atoms with van der Waals surface area (Å²) in [5.41, 5.74) is 1.17. The average Bonchev–Trinajstić information content (AvgIpc) is 2.77. The number of benzene rings is 1. The quantitative estimate of drug-likeness (QED) is 0.880. The molecular formula is C10H10ClN3O2. The molecular weight excluding hydrogens is 230 g/mol. The molecule has 84 valence electrons. The first-order valence-corrected chi connectivity index (χ1v) is 4.98. The van der Waals surface area contributed by atoms with Gasteiger partial charge in [-0.25, -0.2) is 4.68 Å². The van der Waals surface area contributed by atoms with Crippen molar-refractivity contribution >= 4 is 11.6 Å². The van der Waals surface area contributed by atoms with Crippen LogP contribution in [0.3, 0.4) is 0 Å². The van der Waals surface area contributed by atoms with E-state index in [1.54, 1.807) is 31.5 Å². The summed E-state index contributed by atoms with van der Waals surface area (Å²) in [6.07, 6.45) is 1.62. The minimum Gasteiger partial charge on any atom is -0.494 e. The zero-order valence-corrected chi connectivity index (χ0v) is 9.35. The predicted molar refractivity (Wildman–Crippen MR) is 58.8 cm³/mol. The van der Waals surface area contributed by atoms with Crippen LogP contribution in [0.5, 0.6) is 5.75 Å². The monoisotopic (exact) mass is 239 g/mol. The number of aliphatic hydroxyl groups is 1. The van der Waals surface area contributed by atoms with Gasteiger partial charge in [-0.3, -0.25) is 0 Å². The second kappa shape index (κ2) is 4.51. The lowest BCUT2D eigenvalue weighted by atomic mass is 10.3. The number of ether oxygens (including phenoxy) is 1. The first kappa shape index (κ1) is 10.9. The fourth-order valence-electron chi connectivity index (χ4n) is 1.33. The second-order valence-corrected chi connectivity index (χ2v) is 3.57. The topological polar surface area (TPSA) is 60.2 Å². The Labute approximate surface area is 97.2 Å². The highest BCUT2D eigenvalue weighted by Crippen LogP contribution is 2.25. The molecule has 0 amide bonds. The highest BCUT2D eigenvalue weighted by Gasteiger charge is 2.08. The minimum atomic E-state index is -0.150. The van der Waals surface area contributed by atoms with Crippen LogP contribution in [-0.2, 0) is 6.61 Å². The number of nitrogens with zero attached hydrogens (tertiary/aromatic N) is 3. The third-order valence-electron chi connectivity index (χ3n) is 2.09. The van der Waals surface area contributed by atoms with Gasteiger partial charge < -0.3 is 9.84 Å². The van der Waals surface area contributed by atoms with E-state index in [0.717, 1.165) is 0 Å². The van der Waals surface area contributed by atoms with Gasteiger partial charge in [0.1, 0.15) is 17.1 Å². The van der Waals surface area contributed by atoms with Crippen molar-refractivity contribution in [1.82, 2.24) is 15.0 Å². The van der Waals surface area contributed by atoms with Crippen molar-refractivity contribution in [2.75, 3.05) is 7.11 Å². The molecule has 16 heavy (non-hydrogen) atoms. The fraction of sp³-hybridized carbons (Fsp3) is 0.200. The molecule has 6 heteroatoms. The maximum absolute atomic E-state index is 8.91. The zero-order chi connectivity index (χ0) is 11.5. The Hall–Kier alpha value is -1.59. The van der Waals surface area contributed by atoms with Crippen molar-refractivity contribution < 1.29 is 9.84 Å². The Bertz CT molecular complexity index is 499. The summed E-state index contributed by atoms with van der Waals surface area (Å²) in [4.78, 5) is 0. The molecule has 0 bridgehead atoms. The van der Waals surface area contributed by atoms with Crippen LogP contribution in [-0.4, -0.2) is 27.2 Å². The third-order valence-corrected chi connectivity index (χ3v) is 2.33. The Kier molecular flexibility index (Phi) is 3.07. The molecule has 0 radical (unpaired) electrons. The van der Waals surface area contributed by atoms with Crippen molar-refractivity contribution in [2.45, 2.75) is 6.61 Å². The van der Waals surface area contributed by atoms with E-state index in [2.05, 4.69) is 10.3 Å². The average molecular weight is 240 g/mol. The third kappa shape index (κ3) is 2.00. The van der Waals surface area contributed by atoms with Gasteiger partial charge in [0.15, 0.2) is 0 Å². The van der Waals surface area contributed by atoms with Gasteiger partial charge in [-0.05, 0) is 18.2 Å². The van der Waals surface area contributed by atoms with Crippen LogP contribution in [0.4, 0.5) is 0 Å². The van der Waals surface area contributed by atoms with Gasteiger partial charge >= 0.3 is 0 Å². The first-order chi connectivity index (χ1) is 7.74. The zero-order valence-electron chi connectivity index (χ0n) is 8.59. The van der Waals surface area contributed by atoms with Gasteiger partial charge in [-0.15, -0.1) is 5.10 Å². The maximum Gasteiger partial charge on any atom is 0.144 e. The van der Waals surface area contributed by atoms with Crippen LogP contribution in [0.25, 0.3) is 5.69 Å². The Balaban J connectivity index is 2.49. The molecule has 5 nitrogen and oxygen atoms in total. The van der Waals surface area contributed by atoms with Crippen molar-refractivity contribution in [1.29, 1.82) is 0 Å². The number of methoxy groups -OCH3 is 1. The standard InChI is InChI=1S/C10H10ClN3O2/c1-16-10-3-2-7(11)4-9(10)14-5-8(6-15)12-13-14/h2-5,15H,6H2,1H3. The molecule has 0 saturated heterocycles. The van der Waals surface area contributed by atoms with E-state index in [1.807, 2.05) is 0 Å². The number of aliphatic hydroxyl groups excluding tert-OH is 1. The van der Waals surface area contributed by atoms with Gasteiger partial charge in [0.25, 0.3) is 0 Å². The molecule has 0 atom stereocenters. The molecule has 2 rings (SSSR count). The highest BCUT2D eigenvalue weighted by molar-refractivity contribution is 6.30. The van der Waals surface area contributed by atoms with E-state index in [0.29, 0.717) is 22.2 Å². The molecule has 1 aromatic heterocycles. The molecule has 1 aromatic carbocycles. The van der Waals surface area contributed by atoms with E-state index >= 15 is 0 Å². The molecule has 0 unspecified atom stereocenters. The molecule has 0 fully saturated rings. The number of halogens is 1. The van der Waals surface area contributed by atoms with Crippen LogP contribution in [0.2, 0.25) is 5.02 Å². The Morgan fingerprint density at radius 1 is 1.50 bits per heavy atom.